The second kappa shape index (κ2) is 9.03. The Labute approximate surface area is 149 Å². The monoisotopic (exact) mass is 336 g/mol. The van der Waals surface area contributed by atoms with Crippen LogP contribution in [-0.2, 0) is 0 Å². The third kappa shape index (κ3) is 5.21. The fourth-order valence-corrected chi connectivity index (χ4v) is 5.94. The summed E-state index contributed by atoms with van der Waals surface area (Å²) < 4.78 is 0. The average Bonchev–Trinajstić information content (AvgIpc) is 2.60. The first-order valence-electron chi connectivity index (χ1n) is 9.37. The lowest BCUT2D eigenvalue weighted by atomic mass is 10.1. The van der Waals surface area contributed by atoms with Gasteiger partial charge < -0.3 is 0 Å². The number of unbranched alkanes of at least 4 members (excludes halogenated alkanes) is 3. The zero-order valence-electron chi connectivity index (χ0n) is 15.8. The van der Waals surface area contributed by atoms with Crippen LogP contribution in [0.4, 0.5) is 0 Å². The molecule has 0 radical (unpaired) electrons. The molecule has 0 heterocycles. The molecule has 2 aromatic carbocycles. The van der Waals surface area contributed by atoms with Gasteiger partial charge in [0, 0.05) is 0 Å². The maximum absolute atomic E-state index is 2.50. The minimum Gasteiger partial charge on any atom is -0.0755 e. The van der Waals surface area contributed by atoms with Crippen molar-refractivity contribution in [2.75, 3.05) is 0 Å². The van der Waals surface area contributed by atoms with E-state index in [1.54, 1.807) is 10.4 Å². The number of benzene rings is 2. The summed E-state index contributed by atoms with van der Waals surface area (Å²) in [7, 11) is -1.60. The van der Waals surface area contributed by atoms with Crippen molar-refractivity contribution in [3.05, 3.63) is 70.9 Å². The molecule has 0 saturated heterocycles. The van der Waals surface area contributed by atoms with Gasteiger partial charge in [0.2, 0.25) is 0 Å². The summed E-state index contributed by atoms with van der Waals surface area (Å²) in [5.74, 6) is 0. The molecule has 0 aromatic heterocycles. The lowest BCUT2D eigenvalue weighted by Gasteiger charge is -2.27. The van der Waals surface area contributed by atoms with Crippen molar-refractivity contribution >= 4 is 19.3 Å². The highest BCUT2D eigenvalue weighted by Crippen LogP contribution is 2.24. The molecule has 0 aliphatic rings. The topological polar surface area (TPSA) is 0 Å². The smallest absolute Gasteiger partial charge is 0.0755 e. The van der Waals surface area contributed by atoms with Crippen LogP contribution in [0.15, 0.2) is 59.8 Å². The average molecular weight is 337 g/mol. The van der Waals surface area contributed by atoms with Crippen LogP contribution >= 0.6 is 0 Å². The molecule has 0 N–H and O–H groups in total. The van der Waals surface area contributed by atoms with Crippen molar-refractivity contribution in [2.24, 2.45) is 0 Å². The SMILES string of the molecule is CCCCCC/C(=C/c1ccc(C)cc1)[Si](C)(C)c1ccccc1. The fraction of sp³-hybridized carbons (Fsp3) is 0.391. The lowest BCUT2D eigenvalue weighted by molar-refractivity contribution is 0.671. The summed E-state index contributed by atoms with van der Waals surface area (Å²) in [6, 6.07) is 20.1. The van der Waals surface area contributed by atoms with Gasteiger partial charge in [-0.25, -0.2) is 0 Å². The fourth-order valence-electron chi connectivity index (χ4n) is 3.21. The van der Waals surface area contributed by atoms with Gasteiger partial charge in [-0.1, -0.05) is 116 Å². The summed E-state index contributed by atoms with van der Waals surface area (Å²) in [6.07, 6.45) is 9.03. The minimum absolute atomic E-state index is 1.24. The lowest BCUT2D eigenvalue weighted by Crippen LogP contribution is -2.43. The predicted octanol–water partition coefficient (Wildman–Crippen LogP) is 6.50. The van der Waals surface area contributed by atoms with E-state index in [0.29, 0.717) is 0 Å². The van der Waals surface area contributed by atoms with Crippen LogP contribution in [0.3, 0.4) is 0 Å². The third-order valence-electron chi connectivity index (χ3n) is 5.02. The first-order valence-corrected chi connectivity index (χ1v) is 12.4. The van der Waals surface area contributed by atoms with Gasteiger partial charge in [-0.15, -0.1) is 0 Å². The van der Waals surface area contributed by atoms with Crippen LogP contribution in [0, 0.1) is 6.92 Å². The van der Waals surface area contributed by atoms with E-state index in [4.69, 9.17) is 0 Å². The molecule has 24 heavy (non-hydrogen) atoms. The Morgan fingerprint density at radius 2 is 1.54 bits per heavy atom. The molecule has 1 heteroatoms. The largest absolute Gasteiger partial charge is 0.107 e. The van der Waals surface area contributed by atoms with Crippen molar-refractivity contribution in [3.8, 4) is 0 Å². The molecule has 0 aliphatic heterocycles. The van der Waals surface area contributed by atoms with E-state index in [-0.39, 0.29) is 0 Å². The van der Waals surface area contributed by atoms with Crippen LogP contribution in [-0.4, -0.2) is 8.07 Å². The van der Waals surface area contributed by atoms with Gasteiger partial charge >= 0.3 is 0 Å². The Morgan fingerprint density at radius 1 is 0.875 bits per heavy atom. The standard InChI is InChI=1S/C23H32Si/c1-5-6-7-9-14-23(19-21-17-15-20(2)16-18-21)24(3,4)22-12-10-8-11-13-22/h8,10-13,15-19H,5-7,9,14H2,1-4H3/b23-19-. The van der Waals surface area contributed by atoms with Crippen molar-refractivity contribution in [3.63, 3.8) is 0 Å². The van der Waals surface area contributed by atoms with Gasteiger partial charge in [0.15, 0.2) is 0 Å². The van der Waals surface area contributed by atoms with Crippen LogP contribution in [0.1, 0.15) is 50.2 Å². The number of aryl methyl sites for hydroxylation is 1. The number of allylic oxidation sites excluding steroid dienone is 1. The second-order valence-corrected chi connectivity index (χ2v) is 11.9. The summed E-state index contributed by atoms with van der Waals surface area (Å²) in [5.41, 5.74) is 2.68. The molecular formula is C23H32Si. The normalized spacial score (nSPS) is 12.4. The predicted molar refractivity (Wildman–Crippen MR) is 111 cm³/mol. The maximum Gasteiger partial charge on any atom is 0.107 e. The maximum atomic E-state index is 2.50. The van der Waals surface area contributed by atoms with Gasteiger partial charge in [0.05, 0.1) is 0 Å². The Balaban J connectivity index is 2.29. The van der Waals surface area contributed by atoms with E-state index in [9.17, 15) is 0 Å². The van der Waals surface area contributed by atoms with E-state index in [2.05, 4.69) is 87.6 Å². The number of hydrogen-bond acceptors (Lipinski definition) is 0. The Morgan fingerprint density at radius 3 is 2.17 bits per heavy atom. The zero-order valence-corrected chi connectivity index (χ0v) is 16.8. The molecule has 0 amide bonds. The highest BCUT2D eigenvalue weighted by molar-refractivity contribution is 6.96. The Hall–Kier alpha value is -1.60. The molecule has 0 unspecified atom stereocenters. The minimum atomic E-state index is -1.60. The Bertz CT molecular complexity index is 635. The van der Waals surface area contributed by atoms with E-state index in [1.807, 2.05) is 0 Å². The van der Waals surface area contributed by atoms with Crippen molar-refractivity contribution in [1.82, 2.24) is 0 Å². The van der Waals surface area contributed by atoms with Gasteiger partial charge in [0.1, 0.15) is 8.07 Å². The van der Waals surface area contributed by atoms with Crippen molar-refractivity contribution in [2.45, 2.75) is 59.0 Å². The molecule has 0 bridgehead atoms. The van der Waals surface area contributed by atoms with Crippen molar-refractivity contribution < 1.29 is 0 Å². The first-order chi connectivity index (χ1) is 11.5. The summed E-state index contributed by atoms with van der Waals surface area (Å²) >= 11 is 0. The summed E-state index contributed by atoms with van der Waals surface area (Å²) in [5, 5.41) is 3.22. The molecule has 0 aliphatic carbocycles. The molecule has 0 spiro atoms. The van der Waals surface area contributed by atoms with E-state index in [1.165, 1.54) is 43.2 Å². The molecule has 128 valence electrons. The number of rotatable bonds is 8. The molecule has 0 nitrogen and oxygen atoms in total. The number of hydrogen-bond donors (Lipinski definition) is 0. The van der Waals surface area contributed by atoms with E-state index >= 15 is 0 Å². The van der Waals surface area contributed by atoms with Crippen molar-refractivity contribution in [1.29, 1.82) is 0 Å². The van der Waals surface area contributed by atoms with Gasteiger partial charge in [-0.3, -0.25) is 0 Å². The van der Waals surface area contributed by atoms with Gasteiger partial charge in [0.25, 0.3) is 0 Å². The highest BCUT2D eigenvalue weighted by Gasteiger charge is 2.27. The summed E-state index contributed by atoms with van der Waals surface area (Å²) in [6.45, 7) is 9.44. The van der Waals surface area contributed by atoms with E-state index in [0.717, 1.165) is 0 Å². The highest BCUT2D eigenvalue weighted by atomic mass is 28.3. The Kier molecular flexibility index (Phi) is 7.05. The van der Waals surface area contributed by atoms with Crippen LogP contribution in [0.5, 0.6) is 0 Å². The van der Waals surface area contributed by atoms with E-state index < -0.39 is 8.07 Å². The van der Waals surface area contributed by atoms with Gasteiger partial charge in [-0.05, 0) is 25.3 Å². The van der Waals surface area contributed by atoms with Crippen LogP contribution in [0.2, 0.25) is 13.1 Å². The van der Waals surface area contributed by atoms with Crippen LogP contribution < -0.4 is 5.19 Å². The third-order valence-corrected chi connectivity index (χ3v) is 8.79. The molecule has 0 saturated carbocycles. The zero-order chi connectivity index (χ0) is 17.4. The second-order valence-electron chi connectivity index (χ2n) is 7.38. The molecule has 2 rings (SSSR count). The molecular weight excluding hydrogens is 304 g/mol. The molecule has 2 aromatic rings. The van der Waals surface area contributed by atoms with Crippen LogP contribution in [0.25, 0.3) is 6.08 Å². The first kappa shape index (κ1) is 18.7. The van der Waals surface area contributed by atoms with Gasteiger partial charge in [-0.2, -0.15) is 0 Å². The quantitative estimate of drug-likeness (QED) is 0.381. The molecule has 0 atom stereocenters. The molecule has 0 fully saturated rings. The summed E-state index contributed by atoms with van der Waals surface area (Å²) in [4.78, 5) is 0.